The maximum atomic E-state index is 6.37. The van der Waals surface area contributed by atoms with Gasteiger partial charge >= 0.3 is 0 Å². The highest BCUT2D eigenvalue weighted by molar-refractivity contribution is 7.99. The number of likely N-dealkylation sites (N-methyl/N-ethyl adjacent to an activating group) is 1. The van der Waals surface area contributed by atoms with Crippen LogP contribution in [-0.4, -0.2) is 53.9 Å². The number of nitrogens with one attached hydrogen (secondary N) is 1. The maximum Gasteiger partial charge on any atom is 0.0834 e. The molecule has 2 rings (SSSR count). The van der Waals surface area contributed by atoms with Gasteiger partial charge in [0, 0.05) is 6.54 Å². The molecule has 1 saturated heterocycles. The first-order valence-corrected chi connectivity index (χ1v) is 8.27. The first-order chi connectivity index (χ1) is 9.13. The zero-order valence-corrected chi connectivity index (χ0v) is 13.5. The highest BCUT2D eigenvalue weighted by Gasteiger charge is 2.29. The standard InChI is InChI=1S/C13H23ClN4S/c1-15-12(10-4-7-19-9-10)13-11(14)8-16-18(13)6-5-17(2)3/h8,10,12,15H,4-7,9H2,1-3H3. The molecule has 1 aliphatic heterocycles. The monoisotopic (exact) mass is 302 g/mol. The summed E-state index contributed by atoms with van der Waals surface area (Å²) in [5.41, 5.74) is 1.15. The van der Waals surface area contributed by atoms with E-state index in [9.17, 15) is 0 Å². The van der Waals surface area contributed by atoms with Crippen LogP contribution in [0.15, 0.2) is 6.20 Å². The number of rotatable bonds is 6. The number of nitrogens with zero attached hydrogens (tertiary/aromatic N) is 3. The molecule has 1 aromatic rings. The number of thioether (sulfide) groups is 1. The van der Waals surface area contributed by atoms with Crippen molar-refractivity contribution < 1.29 is 0 Å². The van der Waals surface area contributed by atoms with Gasteiger partial charge in [0.2, 0.25) is 0 Å². The number of aromatic nitrogens is 2. The third kappa shape index (κ3) is 3.66. The molecule has 0 aliphatic carbocycles. The Morgan fingerprint density at radius 2 is 2.42 bits per heavy atom. The third-order valence-electron chi connectivity index (χ3n) is 3.63. The van der Waals surface area contributed by atoms with Crippen LogP contribution in [0.1, 0.15) is 18.2 Å². The predicted octanol–water partition coefficient (Wildman–Crippen LogP) is 2.11. The molecule has 2 heterocycles. The molecule has 0 radical (unpaired) electrons. The lowest BCUT2D eigenvalue weighted by Gasteiger charge is -2.24. The second-order valence-corrected chi connectivity index (χ2v) is 6.85. The van der Waals surface area contributed by atoms with Gasteiger partial charge in [0.15, 0.2) is 0 Å². The van der Waals surface area contributed by atoms with E-state index in [0.717, 1.165) is 23.8 Å². The number of hydrogen-bond acceptors (Lipinski definition) is 4. The van der Waals surface area contributed by atoms with Gasteiger partial charge in [-0.05, 0) is 45.0 Å². The molecule has 0 spiro atoms. The molecule has 1 fully saturated rings. The Bertz CT molecular complexity index is 401. The molecule has 19 heavy (non-hydrogen) atoms. The van der Waals surface area contributed by atoms with Crippen LogP contribution < -0.4 is 5.32 Å². The summed E-state index contributed by atoms with van der Waals surface area (Å²) in [4.78, 5) is 2.17. The Labute approximate surface area is 124 Å². The average molecular weight is 303 g/mol. The van der Waals surface area contributed by atoms with Gasteiger partial charge in [-0.2, -0.15) is 16.9 Å². The quantitative estimate of drug-likeness (QED) is 0.872. The molecule has 0 saturated carbocycles. The van der Waals surface area contributed by atoms with Gasteiger partial charge < -0.3 is 10.2 Å². The van der Waals surface area contributed by atoms with Crippen LogP contribution in [0.4, 0.5) is 0 Å². The van der Waals surface area contributed by atoms with Gasteiger partial charge in [-0.25, -0.2) is 0 Å². The lowest BCUT2D eigenvalue weighted by molar-refractivity contribution is 0.346. The Morgan fingerprint density at radius 1 is 1.63 bits per heavy atom. The molecule has 108 valence electrons. The SMILES string of the molecule is CNC(c1c(Cl)cnn1CCN(C)C)C1CCSC1. The maximum absolute atomic E-state index is 6.37. The normalized spacial score (nSPS) is 21.2. The summed E-state index contributed by atoms with van der Waals surface area (Å²) in [5, 5.41) is 8.67. The number of halogens is 1. The van der Waals surface area contributed by atoms with Crippen molar-refractivity contribution in [2.75, 3.05) is 39.2 Å². The van der Waals surface area contributed by atoms with Crippen molar-refractivity contribution in [3.8, 4) is 0 Å². The highest BCUT2D eigenvalue weighted by Crippen LogP contribution is 2.36. The molecule has 1 N–H and O–H groups in total. The summed E-state index contributed by atoms with van der Waals surface area (Å²) in [5.74, 6) is 3.12. The van der Waals surface area contributed by atoms with Crippen LogP contribution >= 0.6 is 23.4 Å². The van der Waals surface area contributed by atoms with Crippen LogP contribution in [0.2, 0.25) is 5.02 Å². The van der Waals surface area contributed by atoms with Crippen LogP contribution in [0.5, 0.6) is 0 Å². The first kappa shape index (κ1) is 15.2. The average Bonchev–Trinajstić information content (AvgIpc) is 3.00. The summed E-state index contributed by atoms with van der Waals surface area (Å²) in [6.07, 6.45) is 3.03. The molecule has 2 atom stereocenters. The molecule has 6 heteroatoms. The zero-order valence-electron chi connectivity index (χ0n) is 11.9. The van der Waals surface area contributed by atoms with Crippen LogP contribution in [0.25, 0.3) is 0 Å². The highest BCUT2D eigenvalue weighted by atomic mass is 35.5. The predicted molar refractivity (Wildman–Crippen MR) is 83.0 cm³/mol. The number of hydrogen-bond donors (Lipinski definition) is 1. The van der Waals surface area contributed by atoms with Crippen molar-refractivity contribution in [3.05, 3.63) is 16.9 Å². The Morgan fingerprint density at radius 3 is 3.00 bits per heavy atom. The van der Waals surface area contributed by atoms with E-state index < -0.39 is 0 Å². The minimum absolute atomic E-state index is 0.312. The molecule has 2 unspecified atom stereocenters. The second-order valence-electron chi connectivity index (χ2n) is 5.29. The van der Waals surface area contributed by atoms with E-state index in [1.807, 2.05) is 18.8 Å². The second kappa shape index (κ2) is 6.97. The molecular formula is C13H23ClN4S. The first-order valence-electron chi connectivity index (χ1n) is 6.74. The minimum Gasteiger partial charge on any atom is -0.311 e. The lowest BCUT2D eigenvalue weighted by atomic mass is 9.96. The van der Waals surface area contributed by atoms with Crippen molar-refractivity contribution in [1.29, 1.82) is 0 Å². The molecular weight excluding hydrogens is 280 g/mol. The molecule has 0 amide bonds. The molecule has 1 aliphatic rings. The lowest BCUT2D eigenvalue weighted by Crippen LogP contribution is -2.29. The van der Waals surface area contributed by atoms with E-state index >= 15 is 0 Å². The fourth-order valence-electron chi connectivity index (χ4n) is 2.57. The minimum atomic E-state index is 0.312. The van der Waals surface area contributed by atoms with E-state index in [2.05, 4.69) is 34.1 Å². The van der Waals surface area contributed by atoms with E-state index in [4.69, 9.17) is 11.6 Å². The van der Waals surface area contributed by atoms with Gasteiger partial charge in [-0.15, -0.1) is 0 Å². The van der Waals surface area contributed by atoms with E-state index in [1.165, 1.54) is 17.9 Å². The summed E-state index contributed by atoms with van der Waals surface area (Å²) >= 11 is 8.40. The van der Waals surface area contributed by atoms with Gasteiger partial charge in [0.1, 0.15) is 0 Å². The summed E-state index contributed by atoms with van der Waals surface area (Å²) < 4.78 is 2.06. The summed E-state index contributed by atoms with van der Waals surface area (Å²) in [6.45, 7) is 1.86. The van der Waals surface area contributed by atoms with Crippen molar-refractivity contribution in [2.24, 2.45) is 5.92 Å². The van der Waals surface area contributed by atoms with Crippen molar-refractivity contribution in [3.63, 3.8) is 0 Å². The van der Waals surface area contributed by atoms with Gasteiger partial charge in [0.05, 0.1) is 29.5 Å². The van der Waals surface area contributed by atoms with Crippen molar-refractivity contribution in [2.45, 2.75) is 19.0 Å². The van der Waals surface area contributed by atoms with Crippen LogP contribution in [0.3, 0.4) is 0 Å². The van der Waals surface area contributed by atoms with Gasteiger partial charge in [-0.3, -0.25) is 4.68 Å². The Kier molecular flexibility index (Phi) is 5.57. The van der Waals surface area contributed by atoms with E-state index in [0.29, 0.717) is 12.0 Å². The van der Waals surface area contributed by atoms with Crippen LogP contribution in [-0.2, 0) is 6.54 Å². The van der Waals surface area contributed by atoms with Crippen molar-refractivity contribution >= 4 is 23.4 Å². The largest absolute Gasteiger partial charge is 0.311 e. The van der Waals surface area contributed by atoms with Crippen LogP contribution in [0, 0.1) is 5.92 Å². The fraction of sp³-hybridized carbons (Fsp3) is 0.769. The topological polar surface area (TPSA) is 33.1 Å². The van der Waals surface area contributed by atoms with E-state index in [-0.39, 0.29) is 0 Å². The summed E-state index contributed by atoms with van der Waals surface area (Å²) in [6, 6.07) is 0.312. The third-order valence-corrected chi connectivity index (χ3v) is 5.11. The Balaban J connectivity index is 2.18. The molecule has 0 bridgehead atoms. The Hall–Kier alpha value is -0.230. The molecule has 1 aromatic heterocycles. The molecule has 4 nitrogen and oxygen atoms in total. The molecule has 0 aromatic carbocycles. The van der Waals surface area contributed by atoms with Crippen molar-refractivity contribution in [1.82, 2.24) is 20.0 Å². The summed E-state index contributed by atoms with van der Waals surface area (Å²) in [7, 11) is 6.18. The van der Waals surface area contributed by atoms with E-state index in [1.54, 1.807) is 6.20 Å². The van der Waals surface area contributed by atoms with Gasteiger partial charge in [0.25, 0.3) is 0 Å². The smallest absolute Gasteiger partial charge is 0.0834 e. The zero-order chi connectivity index (χ0) is 13.8. The van der Waals surface area contributed by atoms with Gasteiger partial charge in [-0.1, -0.05) is 11.6 Å². The fourth-order valence-corrected chi connectivity index (χ4v) is 4.12.